The number of benzene rings is 1. The second-order valence-electron chi connectivity index (χ2n) is 5.76. The highest BCUT2D eigenvalue weighted by Gasteiger charge is 2.19. The number of H-pyrrole nitrogens is 1. The van der Waals surface area contributed by atoms with Gasteiger partial charge in [0.05, 0.1) is 6.21 Å². The summed E-state index contributed by atoms with van der Waals surface area (Å²) >= 11 is 0. The van der Waals surface area contributed by atoms with Gasteiger partial charge in [0.2, 0.25) is 0 Å². The van der Waals surface area contributed by atoms with Gasteiger partial charge in [-0.2, -0.15) is 5.10 Å². The van der Waals surface area contributed by atoms with Gasteiger partial charge < -0.3 is 9.40 Å². The molecule has 0 radical (unpaired) electrons. The quantitative estimate of drug-likeness (QED) is 0.566. The van der Waals surface area contributed by atoms with Crippen molar-refractivity contribution in [2.45, 2.75) is 26.7 Å². The zero-order valence-corrected chi connectivity index (χ0v) is 13.4. The van der Waals surface area contributed by atoms with Crippen LogP contribution in [-0.4, -0.2) is 17.1 Å². The van der Waals surface area contributed by atoms with Crippen molar-refractivity contribution in [1.82, 2.24) is 10.4 Å². The molecule has 0 aliphatic rings. The summed E-state index contributed by atoms with van der Waals surface area (Å²) in [5.41, 5.74) is 5.06. The maximum atomic E-state index is 12.4. The molecule has 0 aliphatic heterocycles. The lowest BCUT2D eigenvalue weighted by molar-refractivity contribution is 0.0949. The molecule has 0 fully saturated rings. The molecular weight excluding hydrogens is 290 g/mol. The summed E-state index contributed by atoms with van der Waals surface area (Å²) in [5, 5.41) is 5.03. The lowest BCUT2D eigenvalue weighted by Gasteiger charge is -2.06. The van der Waals surface area contributed by atoms with Crippen LogP contribution < -0.4 is 5.43 Å². The Kier molecular flexibility index (Phi) is 4.02. The van der Waals surface area contributed by atoms with E-state index in [-0.39, 0.29) is 11.8 Å². The van der Waals surface area contributed by atoms with Gasteiger partial charge in [0.1, 0.15) is 17.2 Å². The lowest BCUT2D eigenvalue weighted by atomic mass is 9.99. The third-order valence-electron chi connectivity index (χ3n) is 3.67. The molecule has 3 aromatic rings. The Morgan fingerprint density at radius 3 is 2.74 bits per heavy atom. The van der Waals surface area contributed by atoms with Crippen molar-refractivity contribution < 1.29 is 9.21 Å². The Hall–Kier alpha value is -2.82. The number of aromatic amines is 1. The minimum Gasteiger partial charge on any atom is -0.460 e. The summed E-state index contributed by atoms with van der Waals surface area (Å²) in [6.45, 7) is 6.00. The number of furan rings is 1. The molecule has 5 heteroatoms. The van der Waals surface area contributed by atoms with Crippen LogP contribution >= 0.6 is 0 Å². The van der Waals surface area contributed by atoms with E-state index in [1.807, 2.05) is 37.3 Å². The lowest BCUT2D eigenvalue weighted by Crippen LogP contribution is -2.19. The summed E-state index contributed by atoms with van der Waals surface area (Å²) in [6, 6.07) is 11.5. The van der Waals surface area contributed by atoms with Crippen LogP contribution in [0.2, 0.25) is 0 Å². The van der Waals surface area contributed by atoms with E-state index >= 15 is 0 Å². The Morgan fingerprint density at radius 2 is 2.04 bits per heavy atom. The third-order valence-corrected chi connectivity index (χ3v) is 3.67. The Morgan fingerprint density at radius 1 is 1.26 bits per heavy atom. The number of aromatic nitrogens is 1. The topological polar surface area (TPSA) is 70.4 Å². The standard InChI is InChI=1S/C18H19N3O2/c1-11(2)16-14-6-4-5-7-15(14)20-17(16)18(22)21-19-10-13-9-8-12(3)23-13/h4-11,20H,1-3H3,(H,21,22)/b19-10+. The fourth-order valence-electron chi connectivity index (χ4n) is 2.68. The van der Waals surface area contributed by atoms with Gasteiger partial charge in [-0.3, -0.25) is 4.79 Å². The van der Waals surface area contributed by atoms with Crippen molar-refractivity contribution in [2.24, 2.45) is 5.10 Å². The largest absolute Gasteiger partial charge is 0.460 e. The third kappa shape index (κ3) is 3.04. The zero-order chi connectivity index (χ0) is 16.4. The van der Waals surface area contributed by atoms with Gasteiger partial charge in [0.25, 0.3) is 5.91 Å². The van der Waals surface area contributed by atoms with Gasteiger partial charge in [0, 0.05) is 10.9 Å². The van der Waals surface area contributed by atoms with Crippen LogP contribution in [0.1, 0.15) is 47.3 Å². The van der Waals surface area contributed by atoms with Crippen LogP contribution in [0.5, 0.6) is 0 Å². The first-order chi connectivity index (χ1) is 11.1. The van der Waals surface area contributed by atoms with Gasteiger partial charge in [-0.05, 0) is 36.6 Å². The van der Waals surface area contributed by atoms with Crippen molar-refractivity contribution in [1.29, 1.82) is 0 Å². The molecule has 23 heavy (non-hydrogen) atoms. The van der Waals surface area contributed by atoms with Gasteiger partial charge in [-0.1, -0.05) is 32.0 Å². The van der Waals surface area contributed by atoms with Crippen LogP contribution in [0, 0.1) is 6.92 Å². The molecule has 0 spiro atoms. The summed E-state index contributed by atoms with van der Waals surface area (Å²) < 4.78 is 5.37. The van der Waals surface area contributed by atoms with E-state index in [0.29, 0.717) is 11.5 Å². The normalized spacial score (nSPS) is 11.7. The van der Waals surface area contributed by atoms with E-state index in [2.05, 4.69) is 29.4 Å². The smallest absolute Gasteiger partial charge is 0.288 e. The van der Waals surface area contributed by atoms with Crippen molar-refractivity contribution in [3.63, 3.8) is 0 Å². The maximum absolute atomic E-state index is 12.4. The maximum Gasteiger partial charge on any atom is 0.288 e. The summed E-state index contributed by atoms with van der Waals surface area (Å²) in [6.07, 6.45) is 1.49. The van der Waals surface area contributed by atoms with Crippen LogP contribution in [0.25, 0.3) is 10.9 Å². The highest BCUT2D eigenvalue weighted by molar-refractivity contribution is 6.01. The molecule has 0 bridgehead atoms. The van der Waals surface area contributed by atoms with Crippen molar-refractivity contribution >= 4 is 23.0 Å². The minimum absolute atomic E-state index is 0.226. The number of carbonyl (C=O) groups excluding carboxylic acids is 1. The Bertz CT molecular complexity index is 871. The fraction of sp³-hybridized carbons (Fsp3) is 0.222. The molecule has 3 rings (SSSR count). The molecular formula is C18H19N3O2. The molecule has 0 aliphatic carbocycles. The first-order valence-corrected chi connectivity index (χ1v) is 7.56. The summed E-state index contributed by atoms with van der Waals surface area (Å²) in [4.78, 5) is 15.6. The second kappa shape index (κ2) is 6.12. The number of rotatable bonds is 4. The number of hydrogen-bond acceptors (Lipinski definition) is 3. The first-order valence-electron chi connectivity index (χ1n) is 7.56. The van der Waals surface area contributed by atoms with Crippen LogP contribution in [0.4, 0.5) is 0 Å². The average molecular weight is 309 g/mol. The highest BCUT2D eigenvalue weighted by atomic mass is 16.3. The number of aryl methyl sites for hydroxylation is 1. The van der Waals surface area contributed by atoms with E-state index in [1.165, 1.54) is 6.21 Å². The molecule has 0 saturated heterocycles. The van der Waals surface area contributed by atoms with Crippen molar-refractivity contribution in [2.75, 3.05) is 0 Å². The molecule has 5 nitrogen and oxygen atoms in total. The molecule has 2 aromatic heterocycles. The van der Waals surface area contributed by atoms with Crippen LogP contribution in [0.15, 0.2) is 45.9 Å². The van der Waals surface area contributed by atoms with Gasteiger partial charge in [0.15, 0.2) is 0 Å². The minimum atomic E-state index is -0.260. The van der Waals surface area contributed by atoms with E-state index in [0.717, 1.165) is 22.2 Å². The van der Waals surface area contributed by atoms with E-state index in [1.54, 1.807) is 6.07 Å². The van der Waals surface area contributed by atoms with Gasteiger partial charge in [-0.25, -0.2) is 5.43 Å². The number of nitrogens with zero attached hydrogens (tertiary/aromatic N) is 1. The van der Waals surface area contributed by atoms with Crippen molar-refractivity contribution in [3.8, 4) is 0 Å². The van der Waals surface area contributed by atoms with Gasteiger partial charge >= 0.3 is 0 Å². The number of para-hydroxylation sites is 1. The molecule has 1 aromatic carbocycles. The molecule has 118 valence electrons. The summed E-state index contributed by atoms with van der Waals surface area (Å²) in [5.74, 6) is 1.37. The van der Waals surface area contributed by atoms with Gasteiger partial charge in [-0.15, -0.1) is 0 Å². The van der Waals surface area contributed by atoms with Crippen molar-refractivity contribution in [3.05, 3.63) is 59.2 Å². The molecule has 1 amide bonds. The number of carbonyl (C=O) groups is 1. The Labute approximate surface area is 134 Å². The van der Waals surface area contributed by atoms with Crippen LogP contribution in [-0.2, 0) is 0 Å². The first kappa shape index (κ1) is 15.1. The SMILES string of the molecule is Cc1ccc(/C=N/NC(=O)c2[nH]c3ccccc3c2C(C)C)o1. The second-order valence-corrected chi connectivity index (χ2v) is 5.76. The molecule has 2 heterocycles. The molecule has 0 atom stereocenters. The number of fused-ring (bicyclic) bond motifs is 1. The van der Waals surface area contributed by atoms with E-state index in [4.69, 9.17) is 4.42 Å². The predicted octanol–water partition coefficient (Wildman–Crippen LogP) is 3.96. The average Bonchev–Trinajstić information content (AvgIpc) is 3.10. The number of hydrogen-bond donors (Lipinski definition) is 2. The highest BCUT2D eigenvalue weighted by Crippen LogP contribution is 2.28. The molecule has 0 saturated carbocycles. The fourth-order valence-corrected chi connectivity index (χ4v) is 2.68. The van der Waals surface area contributed by atoms with E-state index in [9.17, 15) is 4.79 Å². The monoisotopic (exact) mass is 309 g/mol. The Balaban J connectivity index is 1.86. The zero-order valence-electron chi connectivity index (χ0n) is 13.4. The molecule has 2 N–H and O–H groups in total. The molecule has 0 unspecified atom stereocenters. The predicted molar refractivity (Wildman–Crippen MR) is 90.9 cm³/mol. The number of hydrazone groups is 1. The van der Waals surface area contributed by atoms with E-state index < -0.39 is 0 Å². The number of amides is 1. The van der Waals surface area contributed by atoms with Crippen LogP contribution in [0.3, 0.4) is 0 Å². The number of nitrogens with one attached hydrogen (secondary N) is 2. The summed E-state index contributed by atoms with van der Waals surface area (Å²) in [7, 11) is 0.